The Morgan fingerprint density at radius 1 is 1.22 bits per heavy atom. The predicted octanol–water partition coefficient (Wildman–Crippen LogP) is 4.60. The molecular weight excluding hydrogens is 340 g/mol. The molecule has 4 nitrogen and oxygen atoms in total. The molecule has 1 aromatic rings. The first-order valence-corrected chi connectivity index (χ1v) is 10.1. The lowest BCUT2D eigenvalue weighted by Crippen LogP contribution is -2.43. The Kier molecular flexibility index (Phi) is 6.98. The van der Waals surface area contributed by atoms with Crippen molar-refractivity contribution in [2.75, 3.05) is 0 Å². The molecule has 0 heterocycles. The number of hydrogen-bond acceptors (Lipinski definition) is 4. The highest BCUT2D eigenvalue weighted by Gasteiger charge is 2.42. The summed E-state index contributed by atoms with van der Waals surface area (Å²) in [4.78, 5) is 0. The van der Waals surface area contributed by atoms with E-state index in [0.717, 1.165) is 25.7 Å². The van der Waals surface area contributed by atoms with E-state index in [1.165, 1.54) is 5.57 Å². The van der Waals surface area contributed by atoms with Crippen molar-refractivity contribution < 1.29 is 20.4 Å². The molecule has 4 N–H and O–H groups in total. The number of benzene rings is 1. The van der Waals surface area contributed by atoms with Gasteiger partial charge in [-0.05, 0) is 74.8 Å². The van der Waals surface area contributed by atoms with E-state index in [2.05, 4.69) is 27.7 Å². The number of rotatable bonds is 6. The Morgan fingerprint density at radius 2 is 1.89 bits per heavy atom. The number of phenolic OH excluding ortho intramolecular Hbond substituents is 1. The Hall–Kier alpha value is -1.52. The first kappa shape index (κ1) is 21.8. The lowest BCUT2D eigenvalue weighted by Gasteiger charge is -2.47. The summed E-state index contributed by atoms with van der Waals surface area (Å²) >= 11 is 0. The molecular formula is C23H36O4. The number of phenols is 2. The van der Waals surface area contributed by atoms with Crippen molar-refractivity contribution in [3.63, 3.8) is 0 Å². The minimum Gasteiger partial charge on any atom is -0.508 e. The van der Waals surface area contributed by atoms with Crippen LogP contribution in [0.15, 0.2) is 17.7 Å². The number of hydrogen-bond donors (Lipinski definition) is 4. The smallest absolute Gasteiger partial charge is 0.128 e. The summed E-state index contributed by atoms with van der Waals surface area (Å²) in [6, 6.07) is 1.59. The standard InChI is InChI=1S/C23H36O4/c1-14(10-11-23(5)16(3)7-9-20(25)17(23)4)6-8-18-21(26)12-15(2)19(13-24)22(18)27/h6,12,16-17,20,24-27H,7-11,13H2,1-5H3/b14-6+/t16-,17+,20+,23+/m1/s1. The van der Waals surface area contributed by atoms with E-state index < -0.39 is 0 Å². The summed E-state index contributed by atoms with van der Waals surface area (Å²) in [7, 11) is 0. The largest absolute Gasteiger partial charge is 0.508 e. The van der Waals surface area contributed by atoms with Gasteiger partial charge < -0.3 is 20.4 Å². The zero-order valence-electron chi connectivity index (χ0n) is 17.4. The van der Waals surface area contributed by atoms with Gasteiger partial charge in [0.2, 0.25) is 0 Å². The SMILES string of the molecule is C/C(=C\Cc1c(O)cc(C)c(CO)c1O)CC[C@@]1(C)[C@H](C)CC[C@H](O)[C@@H]1C. The zero-order chi connectivity index (χ0) is 20.4. The maximum atomic E-state index is 10.4. The third-order valence-corrected chi connectivity index (χ3v) is 7.22. The maximum absolute atomic E-state index is 10.4. The van der Waals surface area contributed by atoms with Gasteiger partial charge in [-0.3, -0.25) is 0 Å². The molecule has 27 heavy (non-hydrogen) atoms. The van der Waals surface area contributed by atoms with E-state index in [1.54, 1.807) is 13.0 Å². The molecule has 1 saturated carbocycles. The number of aromatic hydroxyl groups is 2. The minimum atomic E-state index is -0.246. The molecule has 1 aliphatic carbocycles. The zero-order valence-corrected chi connectivity index (χ0v) is 17.4. The summed E-state index contributed by atoms with van der Waals surface area (Å²) < 4.78 is 0. The van der Waals surface area contributed by atoms with Crippen molar-refractivity contribution in [1.82, 2.24) is 0 Å². The van der Waals surface area contributed by atoms with Gasteiger partial charge in [-0.25, -0.2) is 0 Å². The summed E-state index contributed by atoms with van der Waals surface area (Å²) in [6.07, 6.45) is 6.17. The molecule has 1 aromatic carbocycles. The van der Waals surface area contributed by atoms with Crippen LogP contribution in [0.3, 0.4) is 0 Å². The van der Waals surface area contributed by atoms with Gasteiger partial charge in [0.15, 0.2) is 0 Å². The van der Waals surface area contributed by atoms with Crippen LogP contribution in [0.1, 0.15) is 70.1 Å². The van der Waals surface area contributed by atoms with Crippen LogP contribution in [-0.4, -0.2) is 26.5 Å². The summed E-state index contributed by atoms with van der Waals surface area (Å²) in [6.45, 7) is 10.3. The van der Waals surface area contributed by atoms with Gasteiger partial charge in [0.05, 0.1) is 12.7 Å². The van der Waals surface area contributed by atoms with Crippen molar-refractivity contribution in [2.45, 2.75) is 79.4 Å². The van der Waals surface area contributed by atoms with Gasteiger partial charge >= 0.3 is 0 Å². The third kappa shape index (κ3) is 4.49. The first-order chi connectivity index (χ1) is 12.6. The molecule has 4 heteroatoms. The molecule has 1 fully saturated rings. The molecule has 1 aliphatic rings. The number of aliphatic hydroxyl groups is 2. The Morgan fingerprint density at radius 3 is 2.52 bits per heavy atom. The van der Waals surface area contributed by atoms with E-state index in [9.17, 15) is 20.4 Å². The summed E-state index contributed by atoms with van der Waals surface area (Å²) in [5.41, 5.74) is 2.94. The second-order valence-electron chi connectivity index (χ2n) is 8.77. The predicted molar refractivity (Wildman–Crippen MR) is 109 cm³/mol. The molecule has 0 bridgehead atoms. The van der Waals surface area contributed by atoms with Crippen LogP contribution in [0, 0.1) is 24.2 Å². The van der Waals surface area contributed by atoms with Gasteiger partial charge in [0.1, 0.15) is 11.5 Å². The van der Waals surface area contributed by atoms with Crippen LogP contribution in [0.2, 0.25) is 0 Å². The molecule has 0 saturated heterocycles. The van der Waals surface area contributed by atoms with Gasteiger partial charge in [-0.1, -0.05) is 32.4 Å². The van der Waals surface area contributed by atoms with E-state index >= 15 is 0 Å². The van der Waals surface area contributed by atoms with Crippen LogP contribution in [-0.2, 0) is 13.0 Å². The van der Waals surface area contributed by atoms with Gasteiger partial charge in [0.25, 0.3) is 0 Å². The fraction of sp³-hybridized carbons (Fsp3) is 0.652. The second kappa shape index (κ2) is 8.66. The molecule has 0 radical (unpaired) electrons. The van der Waals surface area contributed by atoms with Crippen molar-refractivity contribution in [1.29, 1.82) is 0 Å². The van der Waals surface area contributed by atoms with Gasteiger partial charge in [0, 0.05) is 11.1 Å². The van der Waals surface area contributed by atoms with Crippen LogP contribution in [0.25, 0.3) is 0 Å². The van der Waals surface area contributed by atoms with Gasteiger partial charge in [-0.2, -0.15) is 0 Å². The van der Waals surface area contributed by atoms with Crippen LogP contribution in [0.4, 0.5) is 0 Å². The van der Waals surface area contributed by atoms with E-state index in [-0.39, 0.29) is 35.5 Å². The van der Waals surface area contributed by atoms with E-state index in [0.29, 0.717) is 29.0 Å². The Balaban J connectivity index is 2.09. The van der Waals surface area contributed by atoms with E-state index in [1.807, 2.05) is 6.08 Å². The Bertz CT molecular complexity index is 694. The van der Waals surface area contributed by atoms with Crippen molar-refractivity contribution in [3.8, 4) is 11.5 Å². The molecule has 152 valence electrons. The third-order valence-electron chi connectivity index (χ3n) is 7.22. The lowest BCUT2D eigenvalue weighted by atomic mass is 9.59. The molecule has 0 aromatic heterocycles. The number of aliphatic hydroxyl groups excluding tert-OH is 2. The van der Waals surface area contributed by atoms with Crippen LogP contribution >= 0.6 is 0 Å². The molecule has 0 spiro atoms. The van der Waals surface area contributed by atoms with Crippen LogP contribution in [0.5, 0.6) is 11.5 Å². The maximum Gasteiger partial charge on any atom is 0.128 e. The van der Waals surface area contributed by atoms with Gasteiger partial charge in [-0.15, -0.1) is 0 Å². The molecule has 2 rings (SSSR count). The van der Waals surface area contributed by atoms with Crippen molar-refractivity contribution in [3.05, 3.63) is 34.4 Å². The van der Waals surface area contributed by atoms with Crippen LogP contribution < -0.4 is 0 Å². The highest BCUT2D eigenvalue weighted by molar-refractivity contribution is 5.53. The average molecular weight is 377 g/mol. The molecule has 0 aliphatic heterocycles. The highest BCUT2D eigenvalue weighted by Crippen LogP contribution is 2.48. The fourth-order valence-electron chi connectivity index (χ4n) is 4.48. The summed E-state index contributed by atoms with van der Waals surface area (Å²) in [5, 5.41) is 40.3. The number of allylic oxidation sites excluding steroid dienone is 2. The number of aryl methyl sites for hydroxylation is 1. The monoisotopic (exact) mass is 376 g/mol. The topological polar surface area (TPSA) is 80.9 Å². The van der Waals surface area contributed by atoms with Crippen molar-refractivity contribution in [2.24, 2.45) is 17.3 Å². The molecule has 4 atom stereocenters. The average Bonchev–Trinajstić information content (AvgIpc) is 2.61. The first-order valence-electron chi connectivity index (χ1n) is 10.1. The molecule has 0 unspecified atom stereocenters. The Labute approximate surface area is 163 Å². The quantitative estimate of drug-likeness (QED) is 0.547. The second-order valence-corrected chi connectivity index (χ2v) is 8.77. The highest BCUT2D eigenvalue weighted by atomic mass is 16.3. The molecule has 0 amide bonds. The minimum absolute atomic E-state index is 0.0105. The van der Waals surface area contributed by atoms with Crippen molar-refractivity contribution >= 4 is 0 Å². The lowest BCUT2D eigenvalue weighted by molar-refractivity contribution is -0.0469. The normalized spacial score (nSPS) is 29.1. The summed E-state index contributed by atoms with van der Waals surface area (Å²) in [5.74, 6) is 0.923. The fourth-order valence-corrected chi connectivity index (χ4v) is 4.48. The van der Waals surface area contributed by atoms with E-state index in [4.69, 9.17) is 0 Å².